The fourth-order valence-corrected chi connectivity index (χ4v) is 3.04. The van der Waals surface area contributed by atoms with Crippen molar-refractivity contribution < 1.29 is 26.1 Å². The highest BCUT2D eigenvalue weighted by Gasteiger charge is 2.32. The minimum absolute atomic E-state index is 0.0446. The lowest BCUT2D eigenvalue weighted by molar-refractivity contribution is -0.137. The lowest BCUT2D eigenvalue weighted by Crippen LogP contribution is -2.17. The molecule has 2 aromatic rings. The van der Waals surface area contributed by atoms with E-state index in [1.54, 1.807) is 20.8 Å². The van der Waals surface area contributed by atoms with Crippen LogP contribution in [0.5, 0.6) is 0 Å². The van der Waals surface area contributed by atoms with Gasteiger partial charge in [-0.25, -0.2) is 13.1 Å². The molecule has 10 heteroatoms. The van der Waals surface area contributed by atoms with E-state index in [-0.39, 0.29) is 22.3 Å². The summed E-state index contributed by atoms with van der Waals surface area (Å²) in [5.74, 6) is -0.0523. The van der Waals surface area contributed by atoms with Crippen LogP contribution in [0.2, 0.25) is 0 Å². The average molecular weight is 363 g/mol. The number of hydrogen-bond donors (Lipinski definition) is 1. The maximum absolute atomic E-state index is 12.7. The molecule has 2 rings (SSSR count). The van der Waals surface area contributed by atoms with Gasteiger partial charge in [0.25, 0.3) is 16.0 Å². The molecule has 0 spiro atoms. The van der Waals surface area contributed by atoms with Crippen molar-refractivity contribution in [1.29, 1.82) is 0 Å². The maximum atomic E-state index is 12.7. The van der Waals surface area contributed by atoms with E-state index in [4.69, 9.17) is 4.52 Å². The van der Waals surface area contributed by atoms with Crippen molar-refractivity contribution in [3.63, 3.8) is 0 Å². The first-order valence-corrected chi connectivity index (χ1v) is 8.34. The molecular formula is C14H16F3N3O3S. The van der Waals surface area contributed by atoms with Crippen LogP contribution < -0.4 is 4.72 Å². The Morgan fingerprint density at radius 2 is 1.79 bits per heavy atom. The molecule has 6 nitrogen and oxygen atoms in total. The van der Waals surface area contributed by atoms with Crippen molar-refractivity contribution >= 4 is 16.0 Å². The average Bonchev–Trinajstić information content (AvgIpc) is 2.84. The first-order valence-electron chi connectivity index (χ1n) is 6.85. The van der Waals surface area contributed by atoms with Crippen molar-refractivity contribution in [2.75, 3.05) is 4.72 Å². The van der Waals surface area contributed by atoms with Crippen LogP contribution in [0.15, 0.2) is 27.6 Å². The molecule has 0 aliphatic heterocycles. The highest BCUT2D eigenvalue weighted by Crippen LogP contribution is 2.31. The second-order valence-corrected chi connectivity index (χ2v) is 7.91. The zero-order valence-electron chi connectivity index (χ0n) is 13.4. The molecule has 1 N–H and O–H groups in total. The molecule has 132 valence electrons. The molecule has 0 fully saturated rings. The van der Waals surface area contributed by atoms with Gasteiger partial charge in [-0.3, -0.25) is 0 Å². The van der Waals surface area contributed by atoms with Gasteiger partial charge in [0.05, 0.1) is 10.5 Å². The van der Waals surface area contributed by atoms with Crippen molar-refractivity contribution in [3.05, 3.63) is 35.2 Å². The number of aryl methyl sites for hydroxylation is 1. The van der Waals surface area contributed by atoms with Gasteiger partial charge in [0.1, 0.15) is 0 Å². The fraction of sp³-hybridized carbons (Fsp3) is 0.429. The van der Waals surface area contributed by atoms with Gasteiger partial charge in [-0.1, -0.05) is 20.8 Å². The predicted molar refractivity (Wildman–Crippen MR) is 80.0 cm³/mol. The monoisotopic (exact) mass is 363 g/mol. The summed E-state index contributed by atoms with van der Waals surface area (Å²) < 4.78 is 69.7. The Bertz CT molecular complexity index is 852. The fourth-order valence-electron chi connectivity index (χ4n) is 1.87. The van der Waals surface area contributed by atoms with E-state index in [9.17, 15) is 21.6 Å². The lowest BCUT2D eigenvalue weighted by Gasteiger charge is -2.12. The number of nitrogens with zero attached hydrogens (tertiary/aromatic N) is 2. The van der Waals surface area contributed by atoms with Crippen LogP contribution in [0, 0.1) is 6.92 Å². The number of rotatable bonds is 3. The predicted octanol–water partition coefficient (Wildman–Crippen LogP) is 3.50. The smallest absolute Gasteiger partial charge is 0.337 e. The van der Waals surface area contributed by atoms with Crippen molar-refractivity contribution in [2.24, 2.45) is 0 Å². The number of hydrogen-bond acceptors (Lipinski definition) is 5. The second kappa shape index (κ2) is 5.76. The number of alkyl halides is 3. The number of benzene rings is 1. The number of aromatic nitrogens is 2. The molecule has 1 aromatic heterocycles. The Morgan fingerprint density at radius 3 is 2.25 bits per heavy atom. The van der Waals surface area contributed by atoms with Crippen molar-refractivity contribution in [1.82, 2.24) is 10.1 Å². The number of sulfonamides is 1. The first kappa shape index (κ1) is 18.2. The summed E-state index contributed by atoms with van der Waals surface area (Å²) in [5.41, 5.74) is -1.44. The summed E-state index contributed by atoms with van der Waals surface area (Å²) >= 11 is 0. The minimum Gasteiger partial charge on any atom is -0.337 e. The standard InChI is InChI=1S/C14H16F3N3O3S/c1-8-7-9(14(15,16)17)5-6-10(8)24(21,22)20-12-18-11(23-19-12)13(2,3)4/h5-7H,1-4H3,(H,19,20). The molecule has 0 saturated carbocycles. The van der Waals surface area contributed by atoms with E-state index in [0.717, 1.165) is 12.1 Å². The molecule has 0 atom stereocenters. The van der Waals surface area contributed by atoms with Crippen molar-refractivity contribution in [3.8, 4) is 0 Å². The Hall–Kier alpha value is -2.10. The molecule has 24 heavy (non-hydrogen) atoms. The minimum atomic E-state index is -4.55. The second-order valence-electron chi connectivity index (χ2n) is 6.26. The SMILES string of the molecule is Cc1cc(C(F)(F)F)ccc1S(=O)(=O)Nc1noc(C(C)(C)C)n1. The van der Waals surface area contributed by atoms with E-state index in [2.05, 4.69) is 14.9 Å². The quantitative estimate of drug-likeness (QED) is 0.902. The van der Waals surface area contributed by atoms with Crippen LogP contribution in [-0.2, 0) is 21.6 Å². The first-order chi connectivity index (χ1) is 10.8. The Kier molecular flexibility index (Phi) is 4.38. The van der Waals surface area contributed by atoms with Gasteiger partial charge < -0.3 is 4.52 Å². The molecule has 1 heterocycles. The summed E-state index contributed by atoms with van der Waals surface area (Å²) in [6.07, 6.45) is -4.55. The molecule has 1 aromatic carbocycles. The van der Waals surface area contributed by atoms with Crippen LogP contribution >= 0.6 is 0 Å². The number of nitrogens with one attached hydrogen (secondary N) is 1. The lowest BCUT2D eigenvalue weighted by atomic mass is 9.97. The van der Waals surface area contributed by atoms with Crippen LogP contribution in [0.1, 0.15) is 37.8 Å². The normalized spacial score (nSPS) is 13.1. The molecule has 0 radical (unpaired) electrons. The molecule has 0 amide bonds. The van der Waals surface area contributed by atoms with Gasteiger partial charge in [-0.05, 0) is 35.8 Å². The van der Waals surface area contributed by atoms with E-state index in [1.165, 1.54) is 6.92 Å². The Balaban J connectivity index is 2.33. The van der Waals surface area contributed by atoms with Crippen LogP contribution in [0.3, 0.4) is 0 Å². The summed E-state index contributed by atoms with van der Waals surface area (Å²) in [6.45, 7) is 6.69. The number of halogens is 3. The van der Waals surface area contributed by atoms with Gasteiger partial charge in [0, 0.05) is 5.41 Å². The summed E-state index contributed by atoms with van der Waals surface area (Å²) in [6, 6.07) is 2.37. The summed E-state index contributed by atoms with van der Waals surface area (Å²) in [5, 5.41) is 3.52. The molecule has 0 bridgehead atoms. The molecule has 0 aliphatic carbocycles. The topological polar surface area (TPSA) is 85.1 Å². The van der Waals surface area contributed by atoms with E-state index in [1.807, 2.05) is 0 Å². The van der Waals surface area contributed by atoms with Gasteiger partial charge in [-0.15, -0.1) is 0 Å². The van der Waals surface area contributed by atoms with Crippen molar-refractivity contribution in [2.45, 2.75) is 44.2 Å². The zero-order valence-corrected chi connectivity index (χ0v) is 14.2. The van der Waals surface area contributed by atoms with Crippen LogP contribution in [0.25, 0.3) is 0 Å². The van der Waals surface area contributed by atoms with Gasteiger partial charge in [-0.2, -0.15) is 18.2 Å². The van der Waals surface area contributed by atoms with Gasteiger partial charge in [0.15, 0.2) is 0 Å². The highest BCUT2D eigenvalue weighted by molar-refractivity contribution is 7.92. The van der Waals surface area contributed by atoms with E-state index >= 15 is 0 Å². The third-order valence-electron chi connectivity index (χ3n) is 3.09. The van der Waals surface area contributed by atoms with E-state index in [0.29, 0.717) is 6.07 Å². The molecule has 0 aliphatic rings. The molecule has 0 saturated heterocycles. The Labute approximate surface area is 137 Å². The molecule has 0 unspecified atom stereocenters. The zero-order chi connectivity index (χ0) is 18.3. The summed E-state index contributed by atoms with van der Waals surface area (Å²) in [4.78, 5) is 3.64. The maximum Gasteiger partial charge on any atom is 0.416 e. The Morgan fingerprint density at radius 1 is 1.17 bits per heavy atom. The molecular weight excluding hydrogens is 347 g/mol. The van der Waals surface area contributed by atoms with E-state index < -0.39 is 27.2 Å². The largest absolute Gasteiger partial charge is 0.416 e. The third-order valence-corrected chi connectivity index (χ3v) is 4.57. The van der Waals surface area contributed by atoms with Gasteiger partial charge >= 0.3 is 6.18 Å². The van der Waals surface area contributed by atoms with Gasteiger partial charge in [0.2, 0.25) is 5.89 Å². The number of anilines is 1. The summed E-state index contributed by atoms with van der Waals surface area (Å²) in [7, 11) is -4.14. The highest BCUT2D eigenvalue weighted by atomic mass is 32.2. The van der Waals surface area contributed by atoms with Crippen LogP contribution in [-0.4, -0.2) is 18.6 Å². The van der Waals surface area contributed by atoms with Crippen LogP contribution in [0.4, 0.5) is 19.1 Å². The third kappa shape index (κ3) is 3.86.